The Morgan fingerprint density at radius 2 is 1.94 bits per heavy atom. The zero-order valence-electron chi connectivity index (χ0n) is 11.6. The third-order valence-corrected chi connectivity index (χ3v) is 4.23. The molecule has 0 bridgehead atoms. The van der Waals surface area contributed by atoms with Crippen LogP contribution in [0.5, 0.6) is 0 Å². The Morgan fingerprint density at radius 3 is 2.47 bits per heavy atom. The highest BCUT2D eigenvalue weighted by Gasteiger charge is 2.31. The minimum Gasteiger partial charge on any atom is -0.355 e. The van der Waals surface area contributed by atoms with Gasteiger partial charge in [0.2, 0.25) is 5.91 Å². The summed E-state index contributed by atoms with van der Waals surface area (Å²) < 4.78 is 0. The van der Waals surface area contributed by atoms with Gasteiger partial charge in [0, 0.05) is 19.0 Å². The molecule has 0 aliphatic heterocycles. The van der Waals surface area contributed by atoms with Crippen LogP contribution in [-0.4, -0.2) is 19.0 Å². The Hall–Kier alpha value is -0.570. The van der Waals surface area contributed by atoms with E-state index in [1.165, 1.54) is 32.1 Å². The number of nitrogens with one attached hydrogen (secondary N) is 1. The van der Waals surface area contributed by atoms with Gasteiger partial charge < -0.3 is 11.1 Å². The molecule has 1 atom stereocenters. The summed E-state index contributed by atoms with van der Waals surface area (Å²) in [6.07, 6.45) is 6.70. The van der Waals surface area contributed by atoms with E-state index in [4.69, 9.17) is 5.73 Å². The van der Waals surface area contributed by atoms with Crippen LogP contribution >= 0.6 is 0 Å². The molecule has 17 heavy (non-hydrogen) atoms. The second kappa shape index (κ2) is 6.39. The van der Waals surface area contributed by atoms with Gasteiger partial charge in [0.05, 0.1) is 0 Å². The second-order valence-electron chi connectivity index (χ2n) is 6.18. The first-order chi connectivity index (χ1) is 7.97. The summed E-state index contributed by atoms with van der Waals surface area (Å²) in [5.74, 6) is 0.776. The molecule has 0 spiro atoms. The van der Waals surface area contributed by atoms with E-state index in [2.05, 4.69) is 19.2 Å². The number of hydrogen-bond donors (Lipinski definition) is 2. The average molecular weight is 240 g/mol. The van der Waals surface area contributed by atoms with E-state index in [0.29, 0.717) is 6.54 Å². The van der Waals surface area contributed by atoms with Crippen LogP contribution in [0.2, 0.25) is 0 Å². The molecular formula is C14H28N2O. The highest BCUT2D eigenvalue weighted by atomic mass is 16.1. The second-order valence-corrected chi connectivity index (χ2v) is 6.18. The number of hydrogen-bond acceptors (Lipinski definition) is 2. The quantitative estimate of drug-likeness (QED) is 0.774. The Bertz CT molecular complexity index is 245. The summed E-state index contributed by atoms with van der Waals surface area (Å²) in [4.78, 5) is 11.7. The van der Waals surface area contributed by atoms with Crippen LogP contribution in [0.4, 0.5) is 0 Å². The van der Waals surface area contributed by atoms with Crippen LogP contribution < -0.4 is 11.1 Å². The lowest BCUT2D eigenvalue weighted by Crippen LogP contribution is -2.42. The lowest BCUT2D eigenvalue weighted by molar-refractivity contribution is -0.124. The third-order valence-electron chi connectivity index (χ3n) is 4.23. The van der Waals surface area contributed by atoms with Gasteiger partial charge in [-0.25, -0.2) is 0 Å². The molecule has 1 saturated carbocycles. The molecule has 1 aliphatic rings. The lowest BCUT2D eigenvalue weighted by Gasteiger charge is -2.37. The first-order valence-electron chi connectivity index (χ1n) is 6.95. The van der Waals surface area contributed by atoms with Gasteiger partial charge in [-0.3, -0.25) is 4.79 Å². The van der Waals surface area contributed by atoms with Crippen molar-refractivity contribution in [2.45, 2.75) is 52.9 Å². The normalized spacial score (nSPS) is 20.0. The standard InChI is InChI=1S/C14H28N2O/c1-11(9-15)13(17)16-10-14(2,3)12-7-5-4-6-8-12/h11-12H,4-10,15H2,1-3H3,(H,16,17). The molecule has 0 aromatic carbocycles. The summed E-state index contributed by atoms with van der Waals surface area (Å²) in [7, 11) is 0. The van der Waals surface area contributed by atoms with Crippen molar-refractivity contribution in [3.05, 3.63) is 0 Å². The largest absolute Gasteiger partial charge is 0.355 e. The Kier molecular flexibility index (Phi) is 5.44. The highest BCUT2D eigenvalue weighted by molar-refractivity contribution is 5.78. The van der Waals surface area contributed by atoms with Crippen molar-refractivity contribution in [1.29, 1.82) is 0 Å². The van der Waals surface area contributed by atoms with E-state index in [9.17, 15) is 4.79 Å². The molecule has 1 aliphatic carbocycles. The van der Waals surface area contributed by atoms with Crippen molar-refractivity contribution in [3.63, 3.8) is 0 Å². The van der Waals surface area contributed by atoms with Crippen molar-refractivity contribution in [2.24, 2.45) is 23.0 Å². The molecule has 3 N–H and O–H groups in total. The molecule has 1 rings (SSSR count). The Labute approximate surface area is 106 Å². The summed E-state index contributed by atoms with van der Waals surface area (Å²) in [5, 5.41) is 3.05. The molecule has 0 saturated heterocycles. The molecule has 1 unspecified atom stereocenters. The molecule has 3 nitrogen and oxygen atoms in total. The van der Waals surface area contributed by atoms with Gasteiger partial charge in [-0.2, -0.15) is 0 Å². The molecule has 100 valence electrons. The smallest absolute Gasteiger partial charge is 0.224 e. The van der Waals surface area contributed by atoms with E-state index in [1.54, 1.807) is 0 Å². The SMILES string of the molecule is CC(CN)C(=O)NCC(C)(C)C1CCCCC1. The lowest BCUT2D eigenvalue weighted by atomic mass is 9.71. The maximum Gasteiger partial charge on any atom is 0.224 e. The predicted octanol–water partition coefficient (Wildman–Crippen LogP) is 2.30. The van der Waals surface area contributed by atoms with Crippen molar-refractivity contribution in [1.82, 2.24) is 5.32 Å². The molecule has 0 aromatic rings. The van der Waals surface area contributed by atoms with Crippen molar-refractivity contribution < 1.29 is 4.79 Å². The van der Waals surface area contributed by atoms with Gasteiger partial charge >= 0.3 is 0 Å². The number of carbonyl (C=O) groups is 1. The molecule has 3 heteroatoms. The number of rotatable bonds is 5. The Balaban J connectivity index is 2.40. The minimum atomic E-state index is -0.0721. The summed E-state index contributed by atoms with van der Waals surface area (Å²) in [6, 6.07) is 0. The van der Waals surface area contributed by atoms with Crippen LogP contribution in [0.15, 0.2) is 0 Å². The van der Waals surface area contributed by atoms with Crippen molar-refractivity contribution >= 4 is 5.91 Å². The van der Waals surface area contributed by atoms with Crippen LogP contribution in [-0.2, 0) is 4.79 Å². The number of carbonyl (C=O) groups excluding carboxylic acids is 1. The van der Waals surface area contributed by atoms with Crippen molar-refractivity contribution in [3.8, 4) is 0 Å². The number of amides is 1. The molecule has 0 heterocycles. The minimum absolute atomic E-state index is 0.0721. The van der Waals surface area contributed by atoms with Crippen LogP contribution in [0, 0.1) is 17.3 Å². The maximum atomic E-state index is 11.7. The van der Waals surface area contributed by atoms with E-state index >= 15 is 0 Å². The van der Waals surface area contributed by atoms with E-state index in [-0.39, 0.29) is 17.2 Å². The van der Waals surface area contributed by atoms with Crippen LogP contribution in [0.3, 0.4) is 0 Å². The van der Waals surface area contributed by atoms with Gasteiger partial charge in [-0.1, -0.05) is 40.0 Å². The molecule has 1 fully saturated rings. The highest BCUT2D eigenvalue weighted by Crippen LogP contribution is 2.37. The molecule has 0 aromatic heterocycles. The zero-order chi connectivity index (χ0) is 12.9. The van der Waals surface area contributed by atoms with Gasteiger partial charge in [0.15, 0.2) is 0 Å². The fourth-order valence-corrected chi connectivity index (χ4v) is 2.62. The molecule has 1 amide bonds. The van der Waals surface area contributed by atoms with Crippen molar-refractivity contribution in [2.75, 3.05) is 13.1 Å². The van der Waals surface area contributed by atoms with Gasteiger partial charge in [-0.15, -0.1) is 0 Å². The summed E-state index contributed by atoms with van der Waals surface area (Å²) in [5.41, 5.74) is 5.71. The molecular weight excluding hydrogens is 212 g/mol. The van der Waals surface area contributed by atoms with Gasteiger partial charge in [0.1, 0.15) is 0 Å². The summed E-state index contributed by atoms with van der Waals surface area (Å²) >= 11 is 0. The third kappa shape index (κ3) is 4.30. The van der Waals surface area contributed by atoms with Gasteiger partial charge in [-0.05, 0) is 24.2 Å². The maximum absolute atomic E-state index is 11.7. The predicted molar refractivity (Wildman–Crippen MR) is 71.6 cm³/mol. The monoisotopic (exact) mass is 240 g/mol. The van der Waals surface area contributed by atoms with Crippen LogP contribution in [0.1, 0.15) is 52.9 Å². The number of nitrogens with two attached hydrogens (primary N) is 1. The van der Waals surface area contributed by atoms with E-state index in [0.717, 1.165) is 12.5 Å². The van der Waals surface area contributed by atoms with E-state index < -0.39 is 0 Å². The molecule has 0 radical (unpaired) electrons. The van der Waals surface area contributed by atoms with E-state index in [1.807, 2.05) is 6.92 Å². The average Bonchev–Trinajstić information content (AvgIpc) is 2.36. The fourth-order valence-electron chi connectivity index (χ4n) is 2.62. The Morgan fingerprint density at radius 1 is 1.35 bits per heavy atom. The fraction of sp³-hybridized carbons (Fsp3) is 0.929. The first-order valence-corrected chi connectivity index (χ1v) is 6.95. The first kappa shape index (κ1) is 14.5. The zero-order valence-corrected chi connectivity index (χ0v) is 11.6. The summed E-state index contributed by atoms with van der Waals surface area (Å²) in [6.45, 7) is 7.63. The van der Waals surface area contributed by atoms with Gasteiger partial charge in [0.25, 0.3) is 0 Å². The van der Waals surface area contributed by atoms with Crippen LogP contribution in [0.25, 0.3) is 0 Å². The topological polar surface area (TPSA) is 55.1 Å².